The number of carbonyl (C=O) groups is 2. The number of amides is 2. The summed E-state index contributed by atoms with van der Waals surface area (Å²) < 4.78 is 50.2. The zero-order valence-corrected chi connectivity index (χ0v) is 22.1. The minimum atomic E-state index is -3.59. The molecule has 5 rings (SSSR count). The van der Waals surface area contributed by atoms with Gasteiger partial charge in [0.15, 0.2) is 5.82 Å². The summed E-state index contributed by atoms with van der Waals surface area (Å²) in [6, 6.07) is 2.27. The number of halogens is 3. The number of benzene rings is 1. The normalized spacial score (nSPS) is 20.0. The van der Waals surface area contributed by atoms with Gasteiger partial charge in [0.05, 0.1) is 31.1 Å². The van der Waals surface area contributed by atoms with Gasteiger partial charge in [0.1, 0.15) is 17.3 Å². The quantitative estimate of drug-likeness (QED) is 0.538. The molecule has 0 bridgehead atoms. The molecular weight excluding hydrogens is 513 g/mol. The number of methoxy groups -OCH3 is 1. The Morgan fingerprint density at radius 3 is 2.49 bits per heavy atom. The lowest BCUT2D eigenvalue weighted by Crippen LogP contribution is -2.48. The van der Waals surface area contributed by atoms with Crippen molar-refractivity contribution < 1.29 is 27.5 Å². The third kappa shape index (κ3) is 5.46. The summed E-state index contributed by atoms with van der Waals surface area (Å²) in [6.07, 6.45) is 9.45. The standard InChI is InChI=1S/C27H33F3N6O3/c1-35-21-14-31-26(34-23(21)36(17-10-6-7-11-17)15-27(29,30)25(35)38)33-20-13-19(28)18(12-22(20)39-2)24(37)32-16-8-4-3-5-9-16/h12-14,16-17H,3-11,15H2,1-2H3,(H,32,37)(H,31,33,34). The topological polar surface area (TPSA) is 99.7 Å². The van der Waals surface area contributed by atoms with Crippen LogP contribution in [0.2, 0.25) is 0 Å². The molecule has 0 atom stereocenters. The van der Waals surface area contributed by atoms with E-state index in [9.17, 15) is 18.4 Å². The van der Waals surface area contributed by atoms with Gasteiger partial charge in [0, 0.05) is 25.2 Å². The first-order chi connectivity index (χ1) is 18.7. The SMILES string of the molecule is COc1cc(C(=O)NC2CCCCC2)c(F)cc1Nc1ncc2c(n1)N(C1CCCC1)CC(F)(F)C(=O)N2C. The highest BCUT2D eigenvalue weighted by Crippen LogP contribution is 2.40. The van der Waals surface area contributed by atoms with Crippen LogP contribution in [-0.2, 0) is 4.79 Å². The van der Waals surface area contributed by atoms with Crippen molar-refractivity contribution in [3.05, 3.63) is 29.7 Å². The summed E-state index contributed by atoms with van der Waals surface area (Å²) in [4.78, 5) is 36.4. The molecule has 2 saturated carbocycles. The average molecular weight is 547 g/mol. The van der Waals surface area contributed by atoms with Crippen molar-refractivity contribution in [1.29, 1.82) is 0 Å². The van der Waals surface area contributed by atoms with E-state index < -0.39 is 30.1 Å². The predicted molar refractivity (Wildman–Crippen MR) is 141 cm³/mol. The Kier molecular flexibility index (Phi) is 7.55. The Morgan fingerprint density at radius 2 is 1.79 bits per heavy atom. The maximum atomic E-state index is 15.1. The number of rotatable bonds is 6. The number of alkyl halides is 2. The molecular formula is C27H33F3N6O3. The van der Waals surface area contributed by atoms with Crippen LogP contribution in [0.5, 0.6) is 5.75 Å². The second-order valence-electron chi connectivity index (χ2n) is 10.5. The Balaban J connectivity index is 1.44. The van der Waals surface area contributed by atoms with Crippen LogP contribution in [0.15, 0.2) is 18.3 Å². The first-order valence-electron chi connectivity index (χ1n) is 13.4. The minimum absolute atomic E-state index is 0.0138. The first kappa shape index (κ1) is 27.0. The van der Waals surface area contributed by atoms with Crippen LogP contribution < -0.4 is 25.2 Å². The van der Waals surface area contributed by atoms with E-state index in [4.69, 9.17) is 4.74 Å². The highest BCUT2D eigenvalue weighted by Gasteiger charge is 2.48. The number of carbonyl (C=O) groups excluding carboxylic acids is 2. The third-order valence-corrected chi connectivity index (χ3v) is 7.86. The van der Waals surface area contributed by atoms with E-state index in [0.717, 1.165) is 55.9 Å². The fraction of sp³-hybridized carbons (Fsp3) is 0.556. The van der Waals surface area contributed by atoms with Crippen molar-refractivity contribution >= 4 is 35.0 Å². The zero-order chi connectivity index (χ0) is 27.7. The van der Waals surface area contributed by atoms with Crippen LogP contribution in [-0.4, -0.2) is 60.5 Å². The van der Waals surface area contributed by atoms with Crippen LogP contribution in [0, 0.1) is 5.82 Å². The number of anilines is 4. The van der Waals surface area contributed by atoms with Gasteiger partial charge in [-0.05, 0) is 31.7 Å². The van der Waals surface area contributed by atoms with E-state index >= 15 is 4.39 Å². The van der Waals surface area contributed by atoms with E-state index in [0.29, 0.717) is 12.8 Å². The highest BCUT2D eigenvalue weighted by atomic mass is 19.3. The molecule has 2 fully saturated rings. The van der Waals surface area contributed by atoms with Gasteiger partial charge < -0.3 is 25.2 Å². The van der Waals surface area contributed by atoms with E-state index in [1.165, 1.54) is 31.3 Å². The van der Waals surface area contributed by atoms with Gasteiger partial charge in [0.2, 0.25) is 5.95 Å². The Morgan fingerprint density at radius 1 is 1.10 bits per heavy atom. The van der Waals surface area contributed by atoms with Crippen molar-refractivity contribution in [3.63, 3.8) is 0 Å². The molecule has 2 N–H and O–H groups in total. The largest absolute Gasteiger partial charge is 0.495 e. The molecule has 0 saturated heterocycles. The predicted octanol–water partition coefficient (Wildman–Crippen LogP) is 4.79. The molecule has 9 nitrogen and oxygen atoms in total. The summed E-state index contributed by atoms with van der Waals surface area (Å²) in [6.45, 7) is -0.785. The van der Waals surface area contributed by atoms with Crippen LogP contribution in [0.25, 0.3) is 0 Å². The average Bonchev–Trinajstić information content (AvgIpc) is 3.44. The van der Waals surface area contributed by atoms with Gasteiger partial charge in [-0.25, -0.2) is 9.37 Å². The lowest BCUT2D eigenvalue weighted by molar-refractivity contribution is -0.140. The number of aromatic nitrogens is 2. The summed E-state index contributed by atoms with van der Waals surface area (Å²) in [5.74, 6) is -5.76. The Labute approximate surface area is 225 Å². The molecule has 1 aromatic carbocycles. The first-order valence-corrected chi connectivity index (χ1v) is 13.4. The minimum Gasteiger partial charge on any atom is -0.495 e. The van der Waals surface area contributed by atoms with Gasteiger partial charge in [-0.2, -0.15) is 13.8 Å². The van der Waals surface area contributed by atoms with Crippen LogP contribution in [0.3, 0.4) is 0 Å². The molecule has 2 heterocycles. The van der Waals surface area contributed by atoms with E-state index in [1.807, 2.05) is 0 Å². The number of hydrogen-bond acceptors (Lipinski definition) is 7. The lowest BCUT2D eigenvalue weighted by Gasteiger charge is -2.31. The van der Waals surface area contributed by atoms with Gasteiger partial charge >= 0.3 is 5.92 Å². The molecule has 2 amide bonds. The zero-order valence-electron chi connectivity index (χ0n) is 22.1. The smallest absolute Gasteiger partial charge is 0.342 e. The molecule has 1 aromatic heterocycles. The molecule has 1 aliphatic heterocycles. The second kappa shape index (κ2) is 10.9. The number of nitrogens with one attached hydrogen (secondary N) is 2. The van der Waals surface area contributed by atoms with Crippen molar-refractivity contribution in [2.45, 2.75) is 75.8 Å². The van der Waals surface area contributed by atoms with Gasteiger partial charge in [-0.1, -0.05) is 32.1 Å². The summed E-state index contributed by atoms with van der Waals surface area (Å²) in [5, 5.41) is 5.81. The van der Waals surface area contributed by atoms with Crippen LogP contribution >= 0.6 is 0 Å². The van der Waals surface area contributed by atoms with Gasteiger partial charge in [-0.15, -0.1) is 0 Å². The van der Waals surface area contributed by atoms with E-state index in [-0.39, 0.29) is 46.5 Å². The second-order valence-corrected chi connectivity index (χ2v) is 10.5. The highest BCUT2D eigenvalue weighted by molar-refractivity contribution is 6.02. The van der Waals surface area contributed by atoms with Crippen LogP contribution in [0.4, 0.5) is 36.3 Å². The Hall–Kier alpha value is -3.57. The molecule has 0 spiro atoms. The van der Waals surface area contributed by atoms with Crippen molar-refractivity contribution in [1.82, 2.24) is 15.3 Å². The number of fused-ring (bicyclic) bond motifs is 1. The molecule has 2 aliphatic carbocycles. The molecule has 12 heteroatoms. The molecule has 0 radical (unpaired) electrons. The molecule has 39 heavy (non-hydrogen) atoms. The molecule has 3 aliphatic rings. The lowest BCUT2D eigenvalue weighted by atomic mass is 9.95. The number of ether oxygens (including phenoxy) is 1. The monoisotopic (exact) mass is 546 g/mol. The molecule has 210 valence electrons. The van der Waals surface area contributed by atoms with Gasteiger partial charge in [-0.3, -0.25) is 9.59 Å². The van der Waals surface area contributed by atoms with Gasteiger partial charge in [0.25, 0.3) is 11.8 Å². The molecule has 0 unspecified atom stereocenters. The van der Waals surface area contributed by atoms with Crippen molar-refractivity contribution in [3.8, 4) is 5.75 Å². The van der Waals surface area contributed by atoms with E-state index in [1.54, 1.807) is 0 Å². The fourth-order valence-electron chi connectivity index (χ4n) is 5.73. The van der Waals surface area contributed by atoms with Crippen LogP contribution in [0.1, 0.15) is 68.1 Å². The number of nitrogens with zero attached hydrogens (tertiary/aromatic N) is 4. The summed E-state index contributed by atoms with van der Waals surface area (Å²) in [7, 11) is 2.67. The molecule has 2 aromatic rings. The fourth-order valence-corrected chi connectivity index (χ4v) is 5.73. The van der Waals surface area contributed by atoms with Crippen molar-refractivity contribution in [2.75, 3.05) is 35.8 Å². The number of hydrogen-bond donors (Lipinski definition) is 2. The van der Waals surface area contributed by atoms with E-state index in [2.05, 4.69) is 20.6 Å². The third-order valence-electron chi connectivity index (χ3n) is 7.86. The Bertz CT molecular complexity index is 1250. The summed E-state index contributed by atoms with van der Waals surface area (Å²) in [5.41, 5.74) is 0.197. The maximum absolute atomic E-state index is 15.1. The van der Waals surface area contributed by atoms with Crippen molar-refractivity contribution in [2.24, 2.45) is 0 Å². The maximum Gasteiger partial charge on any atom is 0.342 e. The summed E-state index contributed by atoms with van der Waals surface area (Å²) >= 11 is 0.